The molecule has 0 radical (unpaired) electrons. The Hall–Kier alpha value is -0.910. The second kappa shape index (κ2) is 7.14. The Morgan fingerprint density at radius 1 is 1.38 bits per heavy atom. The SMILES string of the molecule is CN(CCN)Cc1c[nH]nc1C[C@H]1CC[C@]2(CC1)CC(C)(C)CO2. The van der Waals surface area contributed by atoms with Crippen LogP contribution < -0.4 is 5.73 Å². The van der Waals surface area contributed by atoms with Crippen molar-refractivity contribution in [3.05, 3.63) is 17.5 Å². The number of nitrogens with one attached hydrogen (secondary N) is 1. The van der Waals surface area contributed by atoms with Crippen LogP contribution in [0.5, 0.6) is 0 Å². The van der Waals surface area contributed by atoms with Crippen LogP contribution in [0.4, 0.5) is 0 Å². The molecular weight excluding hydrogens is 300 g/mol. The summed E-state index contributed by atoms with van der Waals surface area (Å²) in [5.74, 6) is 0.741. The summed E-state index contributed by atoms with van der Waals surface area (Å²) < 4.78 is 6.24. The molecular formula is C19H34N4O. The van der Waals surface area contributed by atoms with Crippen LogP contribution in [-0.2, 0) is 17.7 Å². The van der Waals surface area contributed by atoms with E-state index in [9.17, 15) is 0 Å². The van der Waals surface area contributed by atoms with Crippen molar-refractivity contribution >= 4 is 0 Å². The Kier molecular flexibility index (Phi) is 5.33. The zero-order chi connectivity index (χ0) is 17.2. The van der Waals surface area contributed by atoms with Gasteiger partial charge in [0.2, 0.25) is 0 Å². The van der Waals surface area contributed by atoms with E-state index in [2.05, 4.69) is 42.2 Å². The first kappa shape index (κ1) is 17.9. The third-order valence-corrected chi connectivity index (χ3v) is 5.83. The molecule has 1 saturated heterocycles. The van der Waals surface area contributed by atoms with E-state index in [-0.39, 0.29) is 5.60 Å². The second-order valence-electron chi connectivity index (χ2n) is 8.84. The van der Waals surface area contributed by atoms with Crippen molar-refractivity contribution in [2.45, 2.75) is 64.5 Å². The highest BCUT2D eigenvalue weighted by molar-refractivity contribution is 5.17. The summed E-state index contributed by atoms with van der Waals surface area (Å²) in [4.78, 5) is 2.26. The average molecular weight is 335 g/mol. The van der Waals surface area contributed by atoms with E-state index < -0.39 is 0 Å². The second-order valence-corrected chi connectivity index (χ2v) is 8.84. The third kappa shape index (κ3) is 4.19. The van der Waals surface area contributed by atoms with E-state index in [0.717, 1.165) is 32.0 Å². The van der Waals surface area contributed by atoms with E-state index in [1.807, 2.05) is 0 Å². The molecule has 5 nitrogen and oxygen atoms in total. The van der Waals surface area contributed by atoms with Crippen LogP contribution in [0.15, 0.2) is 6.20 Å². The molecule has 0 unspecified atom stereocenters. The van der Waals surface area contributed by atoms with Crippen molar-refractivity contribution in [1.29, 1.82) is 0 Å². The van der Waals surface area contributed by atoms with Crippen molar-refractivity contribution < 1.29 is 4.74 Å². The lowest BCUT2D eigenvalue weighted by Gasteiger charge is -2.37. The van der Waals surface area contributed by atoms with Gasteiger partial charge in [-0.05, 0) is 56.9 Å². The number of likely N-dealkylation sites (N-methyl/N-ethyl adjacent to an activating group) is 1. The monoisotopic (exact) mass is 334 g/mol. The van der Waals surface area contributed by atoms with Crippen molar-refractivity contribution in [2.24, 2.45) is 17.1 Å². The lowest BCUT2D eigenvalue weighted by molar-refractivity contribution is -0.0357. The zero-order valence-corrected chi connectivity index (χ0v) is 15.6. The Morgan fingerprint density at radius 3 is 2.75 bits per heavy atom. The maximum Gasteiger partial charge on any atom is 0.0689 e. The average Bonchev–Trinajstić information content (AvgIpc) is 3.07. The number of hydrogen-bond acceptors (Lipinski definition) is 4. The van der Waals surface area contributed by atoms with Gasteiger partial charge in [-0.1, -0.05) is 13.8 Å². The Morgan fingerprint density at radius 2 is 2.12 bits per heavy atom. The smallest absolute Gasteiger partial charge is 0.0689 e. The Labute approximate surface area is 146 Å². The first-order valence-electron chi connectivity index (χ1n) is 9.45. The summed E-state index contributed by atoms with van der Waals surface area (Å²) in [6.45, 7) is 8.14. The highest BCUT2D eigenvalue weighted by Crippen LogP contribution is 2.48. The van der Waals surface area contributed by atoms with Gasteiger partial charge in [-0.3, -0.25) is 5.10 Å². The molecule has 3 rings (SSSR count). The van der Waals surface area contributed by atoms with Gasteiger partial charge >= 0.3 is 0 Å². The first-order valence-corrected chi connectivity index (χ1v) is 9.45. The normalized spacial score (nSPS) is 29.6. The predicted octanol–water partition coefficient (Wildman–Crippen LogP) is 2.72. The largest absolute Gasteiger partial charge is 0.374 e. The van der Waals surface area contributed by atoms with Crippen LogP contribution >= 0.6 is 0 Å². The van der Waals surface area contributed by atoms with E-state index in [4.69, 9.17) is 10.5 Å². The van der Waals surface area contributed by atoms with Gasteiger partial charge in [0.15, 0.2) is 0 Å². The predicted molar refractivity (Wildman–Crippen MR) is 96.7 cm³/mol. The minimum Gasteiger partial charge on any atom is -0.374 e. The van der Waals surface area contributed by atoms with Crippen LogP contribution in [0.25, 0.3) is 0 Å². The topological polar surface area (TPSA) is 67.2 Å². The van der Waals surface area contributed by atoms with Crippen LogP contribution in [-0.4, -0.2) is 47.4 Å². The molecule has 1 aliphatic heterocycles. The number of aromatic amines is 1. The van der Waals surface area contributed by atoms with Gasteiger partial charge in [-0.15, -0.1) is 0 Å². The fourth-order valence-electron chi connectivity index (χ4n) is 4.57. The Balaban J connectivity index is 1.53. The molecule has 2 aliphatic rings. The van der Waals surface area contributed by atoms with Gasteiger partial charge in [0.05, 0.1) is 17.9 Å². The van der Waals surface area contributed by atoms with Crippen LogP contribution in [0.3, 0.4) is 0 Å². The van der Waals surface area contributed by atoms with Gasteiger partial charge in [-0.25, -0.2) is 0 Å². The number of hydrogen-bond donors (Lipinski definition) is 2. The molecule has 1 aromatic heterocycles. The lowest BCUT2D eigenvalue weighted by Crippen LogP contribution is -2.34. The molecule has 3 N–H and O–H groups in total. The van der Waals surface area contributed by atoms with E-state index in [0.29, 0.717) is 12.0 Å². The Bertz CT molecular complexity index is 531. The zero-order valence-electron chi connectivity index (χ0n) is 15.6. The fraction of sp³-hybridized carbons (Fsp3) is 0.842. The summed E-state index contributed by atoms with van der Waals surface area (Å²) in [7, 11) is 2.12. The van der Waals surface area contributed by atoms with Gasteiger partial charge in [0.1, 0.15) is 0 Å². The number of ether oxygens (including phenoxy) is 1. The first-order chi connectivity index (χ1) is 11.4. The molecule has 2 heterocycles. The van der Waals surface area contributed by atoms with Crippen LogP contribution in [0, 0.1) is 11.3 Å². The molecule has 0 amide bonds. The minimum atomic E-state index is 0.176. The number of rotatable bonds is 6. The molecule has 2 fully saturated rings. The van der Waals surface area contributed by atoms with Gasteiger partial charge in [-0.2, -0.15) is 5.10 Å². The highest BCUT2D eigenvalue weighted by atomic mass is 16.5. The van der Waals surface area contributed by atoms with Crippen LogP contribution in [0.1, 0.15) is 57.2 Å². The molecule has 1 spiro atoms. The van der Waals surface area contributed by atoms with E-state index in [1.54, 1.807) is 0 Å². The fourth-order valence-corrected chi connectivity index (χ4v) is 4.57. The van der Waals surface area contributed by atoms with Crippen LogP contribution in [0.2, 0.25) is 0 Å². The summed E-state index contributed by atoms with van der Waals surface area (Å²) in [6.07, 6.45) is 9.33. The summed E-state index contributed by atoms with van der Waals surface area (Å²) in [5.41, 5.74) is 8.74. The van der Waals surface area contributed by atoms with Gasteiger partial charge in [0, 0.05) is 31.4 Å². The molecule has 136 valence electrons. The molecule has 1 saturated carbocycles. The molecule has 1 aliphatic carbocycles. The summed E-state index contributed by atoms with van der Waals surface area (Å²) >= 11 is 0. The molecule has 24 heavy (non-hydrogen) atoms. The molecule has 5 heteroatoms. The van der Waals surface area contributed by atoms with E-state index >= 15 is 0 Å². The number of nitrogens with two attached hydrogens (primary N) is 1. The van der Waals surface area contributed by atoms with Gasteiger partial charge < -0.3 is 15.4 Å². The molecule has 0 atom stereocenters. The number of H-pyrrole nitrogens is 1. The molecule has 0 aromatic carbocycles. The minimum absolute atomic E-state index is 0.176. The van der Waals surface area contributed by atoms with E-state index in [1.165, 1.54) is 43.4 Å². The standard InChI is InChI=1S/C19H34N4O/c1-18(2)13-19(24-14-18)6-4-15(5-7-19)10-17-16(11-21-22-17)12-23(3)9-8-20/h11,15H,4-10,12-14,20H2,1-3H3,(H,21,22)/t15-,19-. The number of nitrogens with zero attached hydrogens (tertiary/aromatic N) is 2. The summed E-state index contributed by atoms with van der Waals surface area (Å²) in [6, 6.07) is 0. The van der Waals surface area contributed by atoms with Gasteiger partial charge in [0.25, 0.3) is 0 Å². The third-order valence-electron chi connectivity index (χ3n) is 5.83. The quantitative estimate of drug-likeness (QED) is 0.839. The van der Waals surface area contributed by atoms with Crippen molar-refractivity contribution in [3.63, 3.8) is 0 Å². The van der Waals surface area contributed by atoms with Crippen molar-refractivity contribution in [1.82, 2.24) is 15.1 Å². The number of aromatic nitrogens is 2. The maximum absolute atomic E-state index is 6.24. The molecule has 1 aromatic rings. The summed E-state index contributed by atoms with van der Waals surface area (Å²) in [5, 5.41) is 7.58. The van der Waals surface area contributed by atoms with Crippen molar-refractivity contribution in [2.75, 3.05) is 26.7 Å². The molecule has 0 bridgehead atoms. The maximum atomic E-state index is 6.24. The highest BCUT2D eigenvalue weighted by Gasteiger charge is 2.46. The lowest BCUT2D eigenvalue weighted by atomic mass is 9.72. The van der Waals surface area contributed by atoms with Crippen molar-refractivity contribution in [3.8, 4) is 0 Å².